The average molecular weight is 289 g/mol. The lowest BCUT2D eigenvalue weighted by atomic mass is 9.99. The molecule has 0 radical (unpaired) electrons. The number of pyridine rings is 1. The normalized spacial score (nSPS) is 10.7. The third-order valence-electron chi connectivity index (χ3n) is 3.81. The molecule has 3 aromatic rings. The van der Waals surface area contributed by atoms with Crippen molar-refractivity contribution in [2.45, 2.75) is 13.8 Å². The van der Waals surface area contributed by atoms with Gasteiger partial charge in [0.1, 0.15) is 0 Å². The fourth-order valence-electron chi connectivity index (χ4n) is 2.74. The molecule has 2 nitrogen and oxygen atoms in total. The van der Waals surface area contributed by atoms with Gasteiger partial charge in [-0.2, -0.15) is 0 Å². The summed E-state index contributed by atoms with van der Waals surface area (Å²) >= 11 is 0. The quantitative estimate of drug-likeness (QED) is 0.688. The predicted octanol–water partition coefficient (Wildman–Crippen LogP) is 4.34. The minimum atomic E-state index is 0.0781. The Morgan fingerprint density at radius 1 is 0.773 bits per heavy atom. The number of hydrogen-bond acceptors (Lipinski definition) is 1. The second-order valence-electron chi connectivity index (χ2n) is 5.82. The second-order valence-corrected chi connectivity index (χ2v) is 5.82. The Hall–Kier alpha value is -2.61. The van der Waals surface area contributed by atoms with Crippen molar-refractivity contribution in [1.29, 1.82) is 0 Å². The molecule has 1 aromatic heterocycles. The summed E-state index contributed by atoms with van der Waals surface area (Å²) in [6, 6.07) is 16.1. The summed E-state index contributed by atoms with van der Waals surface area (Å²) in [5.74, 6) is 0. The van der Waals surface area contributed by atoms with Gasteiger partial charge in [-0.05, 0) is 25.0 Å². The van der Waals surface area contributed by atoms with Crippen molar-refractivity contribution in [2.24, 2.45) is 7.05 Å². The van der Waals surface area contributed by atoms with E-state index in [4.69, 9.17) is 0 Å². The van der Waals surface area contributed by atoms with Crippen LogP contribution in [-0.4, -0.2) is 4.57 Å². The molecule has 0 amide bonds. The lowest BCUT2D eigenvalue weighted by molar-refractivity contribution is 0.904. The minimum Gasteiger partial charge on any atom is -0.356 e. The number of hydrogen-bond donors (Lipinski definition) is 0. The van der Waals surface area contributed by atoms with E-state index in [-0.39, 0.29) is 5.43 Å². The van der Waals surface area contributed by atoms with Crippen molar-refractivity contribution in [3.63, 3.8) is 0 Å². The summed E-state index contributed by atoms with van der Waals surface area (Å²) in [5.41, 5.74) is 5.80. The van der Waals surface area contributed by atoms with Crippen LogP contribution in [0.1, 0.15) is 11.1 Å². The lowest BCUT2D eigenvalue weighted by Gasteiger charge is -2.10. The summed E-state index contributed by atoms with van der Waals surface area (Å²) in [6.45, 7) is 4.08. The molecule has 0 N–H and O–H groups in total. The van der Waals surface area contributed by atoms with Gasteiger partial charge in [-0.25, -0.2) is 0 Å². The third-order valence-corrected chi connectivity index (χ3v) is 3.81. The van der Waals surface area contributed by atoms with Crippen LogP contribution in [0.15, 0.2) is 65.7 Å². The Morgan fingerprint density at radius 2 is 1.23 bits per heavy atom. The SMILES string of the molecule is Cc1cccc(-c2cn(C)cc(-c3cccc(C)c3)c2=O)c1. The van der Waals surface area contributed by atoms with Crippen molar-refractivity contribution >= 4 is 0 Å². The highest BCUT2D eigenvalue weighted by Crippen LogP contribution is 2.22. The van der Waals surface area contributed by atoms with Gasteiger partial charge in [0.15, 0.2) is 5.43 Å². The first-order valence-electron chi connectivity index (χ1n) is 7.39. The molecule has 22 heavy (non-hydrogen) atoms. The van der Waals surface area contributed by atoms with E-state index in [0.29, 0.717) is 0 Å². The molecule has 0 atom stereocenters. The molecule has 0 saturated heterocycles. The molecular weight excluding hydrogens is 270 g/mol. The fraction of sp³-hybridized carbons (Fsp3) is 0.150. The third kappa shape index (κ3) is 2.73. The second kappa shape index (κ2) is 5.64. The molecule has 2 aromatic carbocycles. The van der Waals surface area contributed by atoms with Gasteiger partial charge in [-0.15, -0.1) is 0 Å². The Balaban J connectivity index is 2.24. The smallest absolute Gasteiger partial charge is 0.197 e. The standard InChI is InChI=1S/C20H19NO/c1-14-6-4-8-16(10-14)18-12-21(3)13-19(20(18)22)17-9-5-7-15(2)11-17/h4-13H,1-3H3. The maximum Gasteiger partial charge on any atom is 0.197 e. The summed E-state index contributed by atoms with van der Waals surface area (Å²) in [6.07, 6.45) is 3.80. The van der Waals surface area contributed by atoms with E-state index in [2.05, 4.69) is 12.1 Å². The highest BCUT2D eigenvalue weighted by atomic mass is 16.1. The average Bonchev–Trinajstić information content (AvgIpc) is 2.49. The van der Waals surface area contributed by atoms with Gasteiger partial charge in [0.2, 0.25) is 0 Å². The van der Waals surface area contributed by atoms with Gasteiger partial charge in [0, 0.05) is 30.6 Å². The van der Waals surface area contributed by atoms with E-state index in [0.717, 1.165) is 33.4 Å². The predicted molar refractivity (Wildman–Crippen MR) is 92.0 cm³/mol. The zero-order valence-electron chi connectivity index (χ0n) is 13.1. The highest BCUT2D eigenvalue weighted by molar-refractivity contribution is 5.72. The topological polar surface area (TPSA) is 22.0 Å². The maximum absolute atomic E-state index is 12.9. The summed E-state index contributed by atoms with van der Waals surface area (Å²) in [5, 5.41) is 0. The van der Waals surface area contributed by atoms with E-state index in [1.165, 1.54) is 0 Å². The van der Waals surface area contributed by atoms with Crippen LogP contribution in [-0.2, 0) is 7.05 Å². The fourth-order valence-corrected chi connectivity index (χ4v) is 2.74. The van der Waals surface area contributed by atoms with E-state index in [1.54, 1.807) is 0 Å². The first-order valence-corrected chi connectivity index (χ1v) is 7.39. The van der Waals surface area contributed by atoms with Crippen LogP contribution < -0.4 is 5.43 Å². The molecule has 0 spiro atoms. The lowest BCUT2D eigenvalue weighted by Crippen LogP contribution is -2.11. The molecule has 0 fully saturated rings. The zero-order chi connectivity index (χ0) is 15.7. The molecule has 0 aliphatic heterocycles. The zero-order valence-corrected chi connectivity index (χ0v) is 13.1. The van der Waals surface area contributed by atoms with Crippen molar-refractivity contribution in [2.75, 3.05) is 0 Å². The highest BCUT2D eigenvalue weighted by Gasteiger charge is 2.11. The Bertz CT molecular complexity index is 820. The molecule has 2 heteroatoms. The van der Waals surface area contributed by atoms with Gasteiger partial charge in [0.05, 0.1) is 0 Å². The number of rotatable bonds is 2. The molecule has 0 unspecified atom stereocenters. The van der Waals surface area contributed by atoms with Crippen molar-refractivity contribution in [3.8, 4) is 22.3 Å². The number of nitrogens with zero attached hydrogens (tertiary/aromatic N) is 1. The molecule has 3 rings (SSSR count). The van der Waals surface area contributed by atoms with Crippen LogP contribution in [0, 0.1) is 13.8 Å². The summed E-state index contributed by atoms with van der Waals surface area (Å²) in [7, 11) is 1.96. The van der Waals surface area contributed by atoms with E-state index in [1.807, 2.05) is 74.3 Å². The Morgan fingerprint density at radius 3 is 1.64 bits per heavy atom. The Kier molecular flexibility index (Phi) is 3.68. The van der Waals surface area contributed by atoms with E-state index < -0.39 is 0 Å². The molecule has 110 valence electrons. The van der Waals surface area contributed by atoms with Crippen LogP contribution >= 0.6 is 0 Å². The summed E-state index contributed by atoms with van der Waals surface area (Å²) in [4.78, 5) is 12.9. The Labute approximate surface area is 130 Å². The van der Waals surface area contributed by atoms with Gasteiger partial charge in [-0.3, -0.25) is 4.79 Å². The van der Waals surface area contributed by atoms with Gasteiger partial charge in [-0.1, -0.05) is 59.7 Å². The molecule has 0 saturated carbocycles. The number of benzene rings is 2. The first kappa shape index (κ1) is 14.3. The first-order chi connectivity index (χ1) is 10.5. The molecule has 1 heterocycles. The van der Waals surface area contributed by atoms with Gasteiger partial charge < -0.3 is 4.57 Å². The monoisotopic (exact) mass is 289 g/mol. The van der Waals surface area contributed by atoms with Crippen LogP contribution in [0.3, 0.4) is 0 Å². The molecular formula is C20H19NO. The van der Waals surface area contributed by atoms with Crippen LogP contribution in [0.2, 0.25) is 0 Å². The molecule has 0 aliphatic rings. The van der Waals surface area contributed by atoms with E-state index >= 15 is 0 Å². The summed E-state index contributed by atoms with van der Waals surface area (Å²) < 4.78 is 1.96. The van der Waals surface area contributed by atoms with E-state index in [9.17, 15) is 4.79 Å². The van der Waals surface area contributed by atoms with Crippen molar-refractivity contribution in [1.82, 2.24) is 4.57 Å². The number of aryl methyl sites for hydroxylation is 3. The van der Waals surface area contributed by atoms with Gasteiger partial charge in [0.25, 0.3) is 0 Å². The van der Waals surface area contributed by atoms with Crippen molar-refractivity contribution in [3.05, 3.63) is 82.3 Å². The number of aromatic nitrogens is 1. The van der Waals surface area contributed by atoms with Crippen molar-refractivity contribution < 1.29 is 0 Å². The maximum atomic E-state index is 12.9. The van der Waals surface area contributed by atoms with Crippen LogP contribution in [0.25, 0.3) is 22.3 Å². The minimum absolute atomic E-state index is 0.0781. The largest absolute Gasteiger partial charge is 0.356 e. The van der Waals surface area contributed by atoms with Crippen LogP contribution in [0.5, 0.6) is 0 Å². The van der Waals surface area contributed by atoms with Gasteiger partial charge >= 0.3 is 0 Å². The molecule has 0 bridgehead atoms. The van der Waals surface area contributed by atoms with Crippen LogP contribution in [0.4, 0.5) is 0 Å². The molecule has 0 aliphatic carbocycles.